The number of urea groups is 1. The number of nitrogens with one attached hydrogen (secondary N) is 2. The van der Waals surface area contributed by atoms with Crippen LogP contribution in [0.3, 0.4) is 0 Å². The number of rotatable bonds is 5. The number of hydrogen-bond acceptors (Lipinski definition) is 5. The number of halogens is 2. The van der Waals surface area contributed by atoms with E-state index in [0.717, 1.165) is 4.90 Å². The number of imide groups is 1. The first-order chi connectivity index (χ1) is 16.3. The van der Waals surface area contributed by atoms with Crippen molar-refractivity contribution in [3.05, 3.63) is 77.3 Å². The van der Waals surface area contributed by atoms with E-state index in [1.165, 1.54) is 54.7 Å². The molecule has 1 aliphatic heterocycles. The fraction of sp³-hybridized carbons (Fsp3) is 0.130. The summed E-state index contributed by atoms with van der Waals surface area (Å²) in [6, 6.07) is 10.1. The molecule has 1 unspecified atom stereocenters. The van der Waals surface area contributed by atoms with Gasteiger partial charge in [0.25, 0.3) is 5.91 Å². The Morgan fingerprint density at radius 1 is 1.09 bits per heavy atom. The van der Waals surface area contributed by atoms with E-state index in [1.807, 2.05) is 0 Å². The highest BCUT2D eigenvalue weighted by molar-refractivity contribution is 7.15. The SMILES string of the molecule is CC1(c2ccc(F)cc2)NC(=O)N(CC(=O)Nc2c(-c3ccc(F)cc3)nc3sccn23)C1=O. The van der Waals surface area contributed by atoms with Gasteiger partial charge in [0.2, 0.25) is 5.91 Å². The standard InChI is InChI=1S/C23H17F2N5O3S/c1-23(14-4-8-16(25)9-5-14)20(32)30(21(33)28-23)12-17(31)26-19-18(13-2-6-15(24)7-3-13)27-22-29(19)10-11-34-22/h2-11H,12H2,1H3,(H,26,31)(H,28,33). The van der Waals surface area contributed by atoms with E-state index < -0.39 is 41.6 Å². The van der Waals surface area contributed by atoms with E-state index in [0.29, 0.717) is 27.6 Å². The van der Waals surface area contributed by atoms with Gasteiger partial charge < -0.3 is 10.6 Å². The number of hydrogen-bond donors (Lipinski definition) is 2. The Balaban J connectivity index is 1.40. The highest BCUT2D eigenvalue weighted by Crippen LogP contribution is 2.32. The van der Waals surface area contributed by atoms with Crippen molar-refractivity contribution in [3.63, 3.8) is 0 Å². The molecular weight excluding hydrogens is 464 g/mol. The molecule has 2 aromatic carbocycles. The number of thiazole rings is 1. The maximum Gasteiger partial charge on any atom is 0.325 e. The molecule has 1 atom stereocenters. The van der Waals surface area contributed by atoms with Crippen LogP contribution in [0.4, 0.5) is 19.4 Å². The van der Waals surface area contributed by atoms with Crippen molar-refractivity contribution in [3.8, 4) is 11.3 Å². The van der Waals surface area contributed by atoms with Crippen LogP contribution >= 0.6 is 11.3 Å². The average Bonchev–Trinajstić information content (AvgIpc) is 3.45. The fourth-order valence-corrected chi connectivity index (χ4v) is 4.56. The third-order valence-corrected chi connectivity index (χ3v) is 6.39. The van der Waals surface area contributed by atoms with Gasteiger partial charge >= 0.3 is 6.03 Å². The van der Waals surface area contributed by atoms with Gasteiger partial charge in [-0.2, -0.15) is 0 Å². The van der Waals surface area contributed by atoms with Gasteiger partial charge in [-0.25, -0.2) is 18.6 Å². The second-order valence-electron chi connectivity index (χ2n) is 7.87. The second kappa shape index (κ2) is 8.03. The number of fused-ring (bicyclic) bond motifs is 1. The molecule has 1 fully saturated rings. The van der Waals surface area contributed by atoms with Crippen molar-refractivity contribution in [1.82, 2.24) is 19.6 Å². The third kappa shape index (κ3) is 3.59. The lowest BCUT2D eigenvalue weighted by Crippen LogP contribution is -2.42. The van der Waals surface area contributed by atoms with Crippen molar-refractivity contribution in [1.29, 1.82) is 0 Å². The van der Waals surface area contributed by atoms with E-state index in [1.54, 1.807) is 28.1 Å². The molecule has 0 saturated carbocycles. The van der Waals surface area contributed by atoms with Crippen molar-refractivity contribution in [2.45, 2.75) is 12.5 Å². The zero-order chi connectivity index (χ0) is 24.0. The van der Waals surface area contributed by atoms with Crippen LogP contribution in [0.25, 0.3) is 16.2 Å². The summed E-state index contributed by atoms with van der Waals surface area (Å²) in [6.07, 6.45) is 1.72. The van der Waals surface area contributed by atoms with Crippen LogP contribution in [0.15, 0.2) is 60.1 Å². The van der Waals surface area contributed by atoms with E-state index in [9.17, 15) is 23.2 Å². The number of amides is 4. The number of anilines is 1. The first-order valence-corrected chi connectivity index (χ1v) is 11.1. The Hall–Kier alpha value is -4.12. The lowest BCUT2D eigenvalue weighted by molar-refractivity contribution is -0.133. The maximum atomic E-state index is 13.4. The lowest BCUT2D eigenvalue weighted by Gasteiger charge is -2.22. The van der Waals surface area contributed by atoms with Gasteiger partial charge in [-0.05, 0) is 48.9 Å². The van der Waals surface area contributed by atoms with E-state index in [2.05, 4.69) is 15.6 Å². The molecule has 1 saturated heterocycles. The highest BCUT2D eigenvalue weighted by atomic mass is 32.1. The Kier molecular flexibility index (Phi) is 5.13. The number of imidazole rings is 1. The van der Waals surface area contributed by atoms with E-state index in [-0.39, 0.29) is 0 Å². The summed E-state index contributed by atoms with van der Waals surface area (Å²) in [5.74, 6) is -1.80. The van der Waals surface area contributed by atoms with Crippen LogP contribution in [-0.2, 0) is 15.1 Å². The van der Waals surface area contributed by atoms with Crippen LogP contribution in [0.2, 0.25) is 0 Å². The van der Waals surface area contributed by atoms with Crippen LogP contribution < -0.4 is 10.6 Å². The predicted octanol–water partition coefficient (Wildman–Crippen LogP) is 3.75. The number of benzene rings is 2. The summed E-state index contributed by atoms with van der Waals surface area (Å²) in [7, 11) is 0. The summed E-state index contributed by atoms with van der Waals surface area (Å²) in [5.41, 5.74) is -0.0220. The third-order valence-electron chi connectivity index (χ3n) is 5.64. The topological polar surface area (TPSA) is 95.8 Å². The van der Waals surface area contributed by atoms with Gasteiger partial charge in [0.05, 0.1) is 0 Å². The largest absolute Gasteiger partial charge is 0.325 e. The monoisotopic (exact) mass is 481 g/mol. The molecule has 0 spiro atoms. The number of aromatic nitrogens is 2. The Morgan fingerprint density at radius 2 is 1.74 bits per heavy atom. The molecule has 172 valence electrons. The molecule has 4 amide bonds. The first-order valence-electron chi connectivity index (χ1n) is 10.2. The number of carbonyl (C=O) groups excluding carboxylic acids is 3. The van der Waals surface area contributed by atoms with Crippen LogP contribution in [0.1, 0.15) is 12.5 Å². The molecule has 0 radical (unpaired) electrons. The van der Waals surface area contributed by atoms with Crippen molar-refractivity contribution >= 4 is 40.0 Å². The van der Waals surface area contributed by atoms with Crippen LogP contribution in [-0.4, -0.2) is 38.7 Å². The van der Waals surface area contributed by atoms with Gasteiger partial charge in [0.1, 0.15) is 35.2 Å². The molecule has 1 aliphatic rings. The Morgan fingerprint density at radius 3 is 2.41 bits per heavy atom. The number of nitrogens with zero attached hydrogens (tertiary/aromatic N) is 3. The molecule has 3 heterocycles. The lowest BCUT2D eigenvalue weighted by atomic mass is 9.92. The molecule has 2 aromatic heterocycles. The molecule has 4 aromatic rings. The van der Waals surface area contributed by atoms with Gasteiger partial charge in [-0.15, -0.1) is 11.3 Å². The smallest absolute Gasteiger partial charge is 0.319 e. The molecular formula is C23H17F2N5O3S. The average molecular weight is 481 g/mol. The molecule has 2 N–H and O–H groups in total. The summed E-state index contributed by atoms with van der Waals surface area (Å²) < 4.78 is 28.3. The zero-order valence-corrected chi connectivity index (χ0v) is 18.5. The minimum atomic E-state index is -1.43. The normalized spacial score (nSPS) is 17.9. The van der Waals surface area contributed by atoms with Crippen molar-refractivity contribution in [2.75, 3.05) is 11.9 Å². The van der Waals surface area contributed by atoms with Gasteiger partial charge in [0, 0.05) is 17.1 Å². The van der Waals surface area contributed by atoms with E-state index >= 15 is 0 Å². The molecule has 8 nitrogen and oxygen atoms in total. The zero-order valence-electron chi connectivity index (χ0n) is 17.7. The van der Waals surface area contributed by atoms with E-state index in [4.69, 9.17) is 0 Å². The quantitative estimate of drug-likeness (QED) is 0.425. The van der Waals surface area contributed by atoms with Crippen molar-refractivity contribution in [2.24, 2.45) is 0 Å². The summed E-state index contributed by atoms with van der Waals surface area (Å²) >= 11 is 1.35. The van der Waals surface area contributed by atoms with Crippen LogP contribution in [0.5, 0.6) is 0 Å². The molecule has 0 aliphatic carbocycles. The number of carbonyl (C=O) groups is 3. The van der Waals surface area contributed by atoms with Gasteiger partial charge in [-0.3, -0.25) is 18.9 Å². The molecule has 0 bridgehead atoms. The summed E-state index contributed by atoms with van der Waals surface area (Å²) in [6.45, 7) is 0.957. The molecule has 11 heteroatoms. The van der Waals surface area contributed by atoms with Crippen molar-refractivity contribution < 1.29 is 23.2 Å². The minimum absolute atomic E-state index is 0.334. The summed E-state index contributed by atoms with van der Waals surface area (Å²) in [4.78, 5) is 44.5. The first kappa shape index (κ1) is 21.7. The highest BCUT2D eigenvalue weighted by Gasteiger charge is 2.49. The van der Waals surface area contributed by atoms with Gasteiger partial charge in [0.15, 0.2) is 4.96 Å². The Labute approximate surface area is 195 Å². The fourth-order valence-electron chi connectivity index (χ4n) is 3.85. The summed E-state index contributed by atoms with van der Waals surface area (Å²) in [5, 5.41) is 7.10. The van der Waals surface area contributed by atoms with Crippen LogP contribution in [0, 0.1) is 11.6 Å². The van der Waals surface area contributed by atoms with Gasteiger partial charge in [-0.1, -0.05) is 12.1 Å². The second-order valence-corrected chi connectivity index (χ2v) is 8.75. The molecule has 5 rings (SSSR count). The minimum Gasteiger partial charge on any atom is -0.319 e. The predicted molar refractivity (Wildman–Crippen MR) is 121 cm³/mol. The maximum absolute atomic E-state index is 13.4. The Bertz CT molecular complexity index is 1430. The molecule has 34 heavy (non-hydrogen) atoms.